The lowest BCUT2D eigenvalue weighted by Gasteiger charge is -2.56. The number of imide groups is 1. The van der Waals surface area contributed by atoms with E-state index in [1.165, 1.54) is 30.4 Å². The molecule has 6 nitrogen and oxygen atoms in total. The molecule has 0 unspecified atom stereocenters. The van der Waals surface area contributed by atoms with Crippen LogP contribution in [-0.2, 0) is 33.6 Å². The number of benzene rings is 1. The van der Waals surface area contributed by atoms with Crippen molar-refractivity contribution in [2.45, 2.75) is 69.7 Å². The Labute approximate surface area is 177 Å². The molecule has 0 radical (unpaired) electrons. The second kappa shape index (κ2) is 7.71. The Hall–Kier alpha value is -2.37. The van der Waals surface area contributed by atoms with Gasteiger partial charge in [0, 0.05) is 5.54 Å². The van der Waals surface area contributed by atoms with E-state index in [2.05, 4.69) is 22.8 Å². The fraction of sp³-hybridized carbons (Fsp3) is 0.625. The molecule has 0 spiro atoms. The lowest BCUT2D eigenvalue weighted by Crippen LogP contribution is -2.62. The molecule has 6 rings (SSSR count). The number of nitrogens with one attached hydrogen (secondary N) is 2. The van der Waals surface area contributed by atoms with Crippen molar-refractivity contribution in [2.24, 2.45) is 17.8 Å². The maximum atomic E-state index is 12.4. The summed E-state index contributed by atoms with van der Waals surface area (Å²) in [5.41, 5.74) is 3.42. The van der Waals surface area contributed by atoms with Crippen LogP contribution in [0.1, 0.15) is 61.6 Å². The fourth-order valence-electron chi connectivity index (χ4n) is 6.80. The molecule has 0 aliphatic heterocycles. The van der Waals surface area contributed by atoms with Gasteiger partial charge in [0.05, 0.1) is 6.42 Å². The van der Waals surface area contributed by atoms with E-state index in [1.807, 2.05) is 6.07 Å². The molecule has 0 heterocycles. The Kier molecular flexibility index (Phi) is 5.03. The lowest BCUT2D eigenvalue weighted by atomic mass is 9.53. The van der Waals surface area contributed by atoms with Crippen molar-refractivity contribution < 1.29 is 19.1 Å². The summed E-state index contributed by atoms with van der Waals surface area (Å²) < 4.78 is 5.09. The number of hydrogen-bond donors (Lipinski definition) is 2. The minimum Gasteiger partial charge on any atom is -0.455 e. The highest BCUT2D eigenvalue weighted by molar-refractivity contribution is 5.95. The average molecular weight is 411 g/mol. The first kappa shape index (κ1) is 19.6. The molecule has 160 valence electrons. The van der Waals surface area contributed by atoms with Crippen LogP contribution in [0.3, 0.4) is 0 Å². The Morgan fingerprint density at radius 3 is 2.33 bits per heavy atom. The van der Waals surface area contributed by atoms with Gasteiger partial charge < -0.3 is 10.1 Å². The Morgan fingerprint density at radius 2 is 1.63 bits per heavy atom. The van der Waals surface area contributed by atoms with Crippen molar-refractivity contribution in [3.05, 3.63) is 34.9 Å². The van der Waals surface area contributed by atoms with Crippen molar-refractivity contribution in [3.63, 3.8) is 0 Å². The van der Waals surface area contributed by atoms with Crippen molar-refractivity contribution in [1.82, 2.24) is 10.6 Å². The summed E-state index contributed by atoms with van der Waals surface area (Å²) in [6.07, 6.45) is 10.4. The summed E-state index contributed by atoms with van der Waals surface area (Å²) in [5.74, 6) is 1.11. The quantitative estimate of drug-likeness (QED) is 0.731. The number of ether oxygens (including phenoxy) is 1. The number of rotatable bonds is 5. The SMILES string of the molecule is O=C(COC(=O)Cc1ccc2c(c1)CCC2)NC(=O)NC12CC3CC(CC(C3)C1)C2. The Balaban J connectivity index is 1.07. The molecule has 2 N–H and O–H groups in total. The van der Waals surface area contributed by atoms with Crippen molar-refractivity contribution >= 4 is 17.9 Å². The minimum absolute atomic E-state index is 0.139. The van der Waals surface area contributed by atoms with Crippen molar-refractivity contribution in [2.75, 3.05) is 6.61 Å². The van der Waals surface area contributed by atoms with Gasteiger partial charge in [0.1, 0.15) is 0 Å². The predicted molar refractivity (Wildman–Crippen MR) is 111 cm³/mol. The second-order valence-corrected chi connectivity index (χ2v) is 9.99. The van der Waals surface area contributed by atoms with Crippen LogP contribution in [0.15, 0.2) is 18.2 Å². The van der Waals surface area contributed by atoms with Gasteiger partial charge >= 0.3 is 12.0 Å². The molecular formula is C24H30N2O4. The third-order valence-corrected chi connectivity index (χ3v) is 7.55. The van der Waals surface area contributed by atoms with Gasteiger partial charge in [0.15, 0.2) is 6.61 Å². The summed E-state index contributed by atoms with van der Waals surface area (Å²) in [6, 6.07) is 5.62. The van der Waals surface area contributed by atoms with Gasteiger partial charge in [0.2, 0.25) is 0 Å². The van der Waals surface area contributed by atoms with Crippen LogP contribution in [-0.4, -0.2) is 30.1 Å². The Bertz CT molecular complexity index is 843. The van der Waals surface area contributed by atoms with Crippen LogP contribution in [0.25, 0.3) is 0 Å². The number of hydrogen-bond acceptors (Lipinski definition) is 4. The van der Waals surface area contributed by atoms with E-state index < -0.39 is 24.5 Å². The molecular weight excluding hydrogens is 380 g/mol. The number of carbonyl (C=O) groups is 3. The highest BCUT2D eigenvalue weighted by Gasteiger charge is 2.51. The highest BCUT2D eigenvalue weighted by Crippen LogP contribution is 2.55. The molecule has 4 saturated carbocycles. The molecule has 6 heteroatoms. The smallest absolute Gasteiger partial charge is 0.321 e. The maximum absolute atomic E-state index is 12.4. The highest BCUT2D eigenvalue weighted by atomic mass is 16.5. The van der Waals surface area contributed by atoms with Crippen molar-refractivity contribution in [3.8, 4) is 0 Å². The lowest BCUT2D eigenvalue weighted by molar-refractivity contribution is -0.147. The van der Waals surface area contributed by atoms with E-state index in [9.17, 15) is 14.4 Å². The molecule has 0 saturated heterocycles. The fourth-order valence-corrected chi connectivity index (χ4v) is 6.80. The summed E-state index contributed by atoms with van der Waals surface area (Å²) in [7, 11) is 0. The van der Waals surface area contributed by atoms with E-state index in [4.69, 9.17) is 4.74 Å². The van der Waals surface area contributed by atoms with Gasteiger partial charge in [-0.3, -0.25) is 14.9 Å². The van der Waals surface area contributed by atoms with E-state index in [-0.39, 0.29) is 12.0 Å². The zero-order valence-electron chi connectivity index (χ0n) is 17.4. The standard InChI is InChI=1S/C24H30N2O4/c27-21(14-30-22(28)10-15-4-5-19-2-1-3-20(19)9-15)25-23(29)26-24-11-16-6-17(12-24)8-18(7-16)13-24/h4-5,9,16-18H,1-3,6-8,10-14H2,(H2,25,26,27,29). The molecule has 1 aromatic carbocycles. The first-order chi connectivity index (χ1) is 14.5. The van der Waals surface area contributed by atoms with Crippen LogP contribution >= 0.6 is 0 Å². The number of esters is 1. The van der Waals surface area contributed by atoms with Crippen LogP contribution in [0.5, 0.6) is 0 Å². The van der Waals surface area contributed by atoms with Crippen LogP contribution in [0.4, 0.5) is 4.79 Å². The second-order valence-electron chi connectivity index (χ2n) is 9.99. The van der Waals surface area contributed by atoms with Gasteiger partial charge in [-0.05, 0) is 92.2 Å². The monoisotopic (exact) mass is 410 g/mol. The van der Waals surface area contributed by atoms with Crippen LogP contribution in [0.2, 0.25) is 0 Å². The number of urea groups is 1. The number of carbonyl (C=O) groups excluding carboxylic acids is 3. The molecule has 30 heavy (non-hydrogen) atoms. The van der Waals surface area contributed by atoms with Gasteiger partial charge in [-0.25, -0.2) is 4.79 Å². The zero-order valence-corrected chi connectivity index (χ0v) is 17.4. The average Bonchev–Trinajstić information content (AvgIpc) is 3.12. The molecule has 1 aromatic rings. The number of fused-ring (bicyclic) bond motifs is 1. The van der Waals surface area contributed by atoms with Crippen LogP contribution < -0.4 is 10.6 Å². The summed E-state index contributed by atoms with van der Waals surface area (Å²) in [4.78, 5) is 36.6. The van der Waals surface area contributed by atoms with E-state index >= 15 is 0 Å². The van der Waals surface area contributed by atoms with Gasteiger partial charge in [-0.1, -0.05) is 18.2 Å². The largest absolute Gasteiger partial charge is 0.455 e. The van der Waals surface area contributed by atoms with E-state index in [1.54, 1.807) is 0 Å². The normalized spacial score (nSPS) is 30.6. The Morgan fingerprint density at radius 1 is 0.967 bits per heavy atom. The molecule has 5 aliphatic carbocycles. The summed E-state index contributed by atoms with van der Waals surface area (Å²) in [6.45, 7) is -0.432. The summed E-state index contributed by atoms with van der Waals surface area (Å²) >= 11 is 0. The molecule has 4 fully saturated rings. The molecule has 4 bridgehead atoms. The topological polar surface area (TPSA) is 84.5 Å². The predicted octanol–water partition coefficient (Wildman–Crippen LogP) is 3.06. The van der Waals surface area contributed by atoms with Gasteiger partial charge in [0.25, 0.3) is 5.91 Å². The maximum Gasteiger partial charge on any atom is 0.321 e. The third kappa shape index (κ3) is 4.09. The number of aryl methyl sites for hydroxylation is 2. The molecule has 0 atom stereocenters. The van der Waals surface area contributed by atoms with Crippen LogP contribution in [0, 0.1) is 17.8 Å². The molecule has 0 aromatic heterocycles. The first-order valence-corrected chi connectivity index (χ1v) is 11.3. The van der Waals surface area contributed by atoms with Gasteiger partial charge in [-0.2, -0.15) is 0 Å². The third-order valence-electron chi connectivity index (χ3n) is 7.55. The molecule has 3 amide bonds. The summed E-state index contributed by atoms with van der Waals surface area (Å²) in [5, 5.41) is 5.44. The zero-order chi connectivity index (χ0) is 20.7. The van der Waals surface area contributed by atoms with E-state index in [0.29, 0.717) is 17.8 Å². The van der Waals surface area contributed by atoms with Gasteiger partial charge in [-0.15, -0.1) is 0 Å². The first-order valence-electron chi connectivity index (χ1n) is 11.3. The van der Waals surface area contributed by atoms with Crippen molar-refractivity contribution in [1.29, 1.82) is 0 Å². The van der Waals surface area contributed by atoms with E-state index in [0.717, 1.165) is 44.1 Å². The molecule has 5 aliphatic rings. The number of amides is 3. The minimum atomic E-state index is -0.584.